The molecule has 1 rings (SSSR count). The molecular formula is C15H20O3. The van der Waals surface area contributed by atoms with Crippen LogP contribution < -0.4 is 4.74 Å². The van der Waals surface area contributed by atoms with Gasteiger partial charge in [-0.15, -0.1) is 0 Å². The molecule has 0 saturated heterocycles. The van der Waals surface area contributed by atoms with Gasteiger partial charge in [-0.05, 0) is 55.5 Å². The molecule has 3 nitrogen and oxygen atoms in total. The van der Waals surface area contributed by atoms with Crippen LogP contribution in [0.25, 0.3) is 6.08 Å². The molecule has 1 aromatic rings. The maximum atomic E-state index is 10.4. The molecule has 0 unspecified atom stereocenters. The summed E-state index contributed by atoms with van der Waals surface area (Å²) in [6.45, 7) is 4.05. The van der Waals surface area contributed by atoms with E-state index in [0.717, 1.165) is 28.9 Å². The molecule has 0 amide bonds. The van der Waals surface area contributed by atoms with Crippen molar-refractivity contribution in [2.24, 2.45) is 0 Å². The average Bonchev–Trinajstić information content (AvgIpc) is 2.32. The van der Waals surface area contributed by atoms with Crippen molar-refractivity contribution >= 4 is 12.0 Å². The lowest BCUT2D eigenvalue weighted by atomic mass is 10.0. The number of hydrogen-bond donors (Lipinski definition) is 1. The van der Waals surface area contributed by atoms with E-state index < -0.39 is 5.97 Å². The summed E-state index contributed by atoms with van der Waals surface area (Å²) in [5.74, 6) is 0.162. The molecule has 0 heterocycles. The monoisotopic (exact) mass is 248 g/mol. The third-order valence-corrected chi connectivity index (χ3v) is 2.84. The van der Waals surface area contributed by atoms with Gasteiger partial charge in [0.15, 0.2) is 0 Å². The van der Waals surface area contributed by atoms with Crippen molar-refractivity contribution in [2.45, 2.75) is 33.1 Å². The van der Waals surface area contributed by atoms with Crippen molar-refractivity contribution in [3.63, 3.8) is 0 Å². The first-order valence-corrected chi connectivity index (χ1v) is 6.08. The van der Waals surface area contributed by atoms with Crippen LogP contribution in [-0.2, 0) is 4.79 Å². The number of unbranched alkanes of at least 4 members (excludes halogenated alkanes) is 1. The fourth-order valence-corrected chi connectivity index (χ4v) is 1.79. The molecule has 3 heteroatoms. The fourth-order valence-electron chi connectivity index (χ4n) is 1.79. The predicted molar refractivity (Wildman–Crippen MR) is 73.0 cm³/mol. The lowest BCUT2D eigenvalue weighted by Crippen LogP contribution is -1.92. The van der Waals surface area contributed by atoms with Crippen LogP contribution in [0.5, 0.6) is 5.75 Å². The van der Waals surface area contributed by atoms with Crippen molar-refractivity contribution in [1.29, 1.82) is 0 Å². The van der Waals surface area contributed by atoms with E-state index in [4.69, 9.17) is 9.84 Å². The van der Waals surface area contributed by atoms with Crippen LogP contribution in [0, 0.1) is 13.8 Å². The van der Waals surface area contributed by atoms with E-state index in [9.17, 15) is 4.79 Å². The van der Waals surface area contributed by atoms with Gasteiger partial charge in [0.1, 0.15) is 5.75 Å². The molecule has 0 aliphatic carbocycles. The Labute approximate surface area is 108 Å². The molecule has 0 aliphatic heterocycles. The molecule has 1 N–H and O–H groups in total. The van der Waals surface area contributed by atoms with Gasteiger partial charge in [-0.1, -0.05) is 12.2 Å². The largest absolute Gasteiger partial charge is 0.496 e. The quantitative estimate of drug-likeness (QED) is 0.783. The number of aliphatic carboxylic acids is 1. The Kier molecular flexibility index (Phi) is 5.43. The van der Waals surface area contributed by atoms with E-state index in [1.54, 1.807) is 7.11 Å². The van der Waals surface area contributed by atoms with E-state index >= 15 is 0 Å². The maximum Gasteiger partial charge on any atom is 0.303 e. The van der Waals surface area contributed by atoms with Gasteiger partial charge >= 0.3 is 5.97 Å². The van der Waals surface area contributed by atoms with Crippen LogP contribution in [0.2, 0.25) is 0 Å². The first-order chi connectivity index (χ1) is 8.54. The summed E-state index contributed by atoms with van der Waals surface area (Å²) >= 11 is 0. The first kappa shape index (κ1) is 14.3. The number of carboxylic acid groups (broad SMARTS) is 1. The van der Waals surface area contributed by atoms with Crippen molar-refractivity contribution in [1.82, 2.24) is 0 Å². The second kappa shape index (κ2) is 6.84. The SMILES string of the molecule is COc1cc(C)c(/C=C/CCCC(=O)O)cc1C. The van der Waals surface area contributed by atoms with Gasteiger partial charge in [-0.2, -0.15) is 0 Å². The molecule has 0 aromatic heterocycles. The predicted octanol–water partition coefficient (Wildman–Crippen LogP) is 3.58. The molecule has 0 spiro atoms. The number of aryl methyl sites for hydroxylation is 2. The Hall–Kier alpha value is -1.77. The molecule has 18 heavy (non-hydrogen) atoms. The summed E-state index contributed by atoms with van der Waals surface area (Å²) in [7, 11) is 1.67. The Morgan fingerprint density at radius 3 is 2.67 bits per heavy atom. The standard InChI is InChI=1S/C15H20O3/c1-11-10-14(18-3)12(2)9-13(11)7-5-4-6-8-15(16)17/h5,7,9-10H,4,6,8H2,1-3H3,(H,16,17)/b7-5+. The number of rotatable bonds is 6. The second-order valence-electron chi connectivity index (χ2n) is 4.37. The lowest BCUT2D eigenvalue weighted by Gasteiger charge is -2.08. The Balaban J connectivity index is 2.64. The number of allylic oxidation sites excluding steroid dienone is 1. The highest BCUT2D eigenvalue weighted by Gasteiger charge is 2.02. The molecule has 1 aromatic carbocycles. The van der Waals surface area contributed by atoms with Crippen LogP contribution in [-0.4, -0.2) is 18.2 Å². The molecule has 0 saturated carbocycles. The Morgan fingerprint density at radius 2 is 2.06 bits per heavy atom. The summed E-state index contributed by atoms with van der Waals surface area (Å²) in [6.07, 6.45) is 5.77. The van der Waals surface area contributed by atoms with E-state index in [1.165, 1.54) is 0 Å². The van der Waals surface area contributed by atoms with Gasteiger partial charge in [0.25, 0.3) is 0 Å². The Bertz CT molecular complexity index is 447. The zero-order chi connectivity index (χ0) is 13.5. The first-order valence-electron chi connectivity index (χ1n) is 6.08. The molecule has 0 radical (unpaired) electrons. The van der Waals surface area contributed by atoms with Crippen LogP contribution in [0.3, 0.4) is 0 Å². The Morgan fingerprint density at radius 1 is 1.33 bits per heavy atom. The summed E-state index contributed by atoms with van der Waals surface area (Å²) in [6, 6.07) is 4.11. The van der Waals surface area contributed by atoms with Gasteiger partial charge in [-0.3, -0.25) is 4.79 Å². The molecule has 0 fully saturated rings. The minimum Gasteiger partial charge on any atom is -0.496 e. The molecular weight excluding hydrogens is 228 g/mol. The number of benzene rings is 1. The molecule has 0 bridgehead atoms. The van der Waals surface area contributed by atoms with Gasteiger partial charge in [-0.25, -0.2) is 0 Å². The number of carbonyl (C=O) groups is 1. The van der Waals surface area contributed by atoms with Gasteiger partial charge in [0, 0.05) is 6.42 Å². The lowest BCUT2D eigenvalue weighted by molar-refractivity contribution is -0.137. The van der Waals surface area contributed by atoms with Gasteiger partial charge in [0.05, 0.1) is 7.11 Å². The third-order valence-electron chi connectivity index (χ3n) is 2.84. The van der Waals surface area contributed by atoms with Crippen LogP contribution in [0.15, 0.2) is 18.2 Å². The number of methoxy groups -OCH3 is 1. The van der Waals surface area contributed by atoms with Crippen molar-refractivity contribution < 1.29 is 14.6 Å². The van der Waals surface area contributed by atoms with Crippen molar-refractivity contribution in [3.8, 4) is 5.75 Å². The van der Waals surface area contributed by atoms with Crippen LogP contribution >= 0.6 is 0 Å². The summed E-state index contributed by atoms with van der Waals surface area (Å²) in [4.78, 5) is 10.4. The maximum absolute atomic E-state index is 10.4. The zero-order valence-electron chi connectivity index (χ0n) is 11.2. The second-order valence-corrected chi connectivity index (χ2v) is 4.37. The fraction of sp³-hybridized carbons (Fsp3) is 0.400. The van der Waals surface area contributed by atoms with E-state index in [0.29, 0.717) is 6.42 Å². The minimum atomic E-state index is -0.736. The van der Waals surface area contributed by atoms with Gasteiger partial charge < -0.3 is 9.84 Å². The normalized spacial score (nSPS) is 10.8. The van der Waals surface area contributed by atoms with Crippen molar-refractivity contribution in [2.75, 3.05) is 7.11 Å². The summed E-state index contributed by atoms with van der Waals surface area (Å²) in [5.41, 5.74) is 3.42. The number of carboxylic acids is 1. The molecule has 98 valence electrons. The molecule has 0 aliphatic rings. The summed E-state index contributed by atoms with van der Waals surface area (Å²) < 4.78 is 5.26. The van der Waals surface area contributed by atoms with E-state index in [1.807, 2.05) is 32.1 Å². The van der Waals surface area contributed by atoms with Crippen LogP contribution in [0.1, 0.15) is 36.0 Å². The average molecular weight is 248 g/mol. The van der Waals surface area contributed by atoms with E-state index in [-0.39, 0.29) is 6.42 Å². The van der Waals surface area contributed by atoms with Crippen molar-refractivity contribution in [3.05, 3.63) is 34.9 Å². The van der Waals surface area contributed by atoms with Gasteiger partial charge in [0.2, 0.25) is 0 Å². The topological polar surface area (TPSA) is 46.5 Å². The number of hydrogen-bond acceptors (Lipinski definition) is 2. The highest BCUT2D eigenvalue weighted by Crippen LogP contribution is 2.23. The third kappa shape index (κ3) is 4.24. The number of ether oxygens (including phenoxy) is 1. The smallest absolute Gasteiger partial charge is 0.303 e. The minimum absolute atomic E-state index is 0.227. The molecule has 0 atom stereocenters. The van der Waals surface area contributed by atoms with Crippen LogP contribution in [0.4, 0.5) is 0 Å². The van der Waals surface area contributed by atoms with E-state index in [2.05, 4.69) is 6.07 Å². The zero-order valence-corrected chi connectivity index (χ0v) is 11.2. The highest BCUT2D eigenvalue weighted by molar-refractivity contribution is 5.66. The highest BCUT2D eigenvalue weighted by atomic mass is 16.5. The summed E-state index contributed by atoms with van der Waals surface area (Å²) in [5, 5.41) is 8.53.